The van der Waals surface area contributed by atoms with Crippen molar-refractivity contribution in [3.05, 3.63) is 94.2 Å². The highest BCUT2D eigenvalue weighted by Crippen LogP contribution is 2.35. The van der Waals surface area contributed by atoms with E-state index in [2.05, 4.69) is 11.4 Å². The van der Waals surface area contributed by atoms with Crippen molar-refractivity contribution in [1.29, 1.82) is 0 Å². The topological polar surface area (TPSA) is 58.6 Å². The molecule has 1 aliphatic heterocycles. The lowest BCUT2D eigenvalue weighted by Gasteiger charge is -2.17. The van der Waals surface area contributed by atoms with Crippen LogP contribution < -0.4 is 15.0 Å². The van der Waals surface area contributed by atoms with Crippen LogP contribution in [0.1, 0.15) is 41.7 Å². The van der Waals surface area contributed by atoms with Gasteiger partial charge in [0.1, 0.15) is 11.4 Å². The fraction of sp³-hybridized carbons (Fsp3) is 0.241. The number of anilines is 2. The Morgan fingerprint density at radius 3 is 1.79 bits per heavy atom. The molecule has 0 saturated heterocycles. The average molecular weight is 455 g/mol. The minimum atomic E-state index is -0.369. The van der Waals surface area contributed by atoms with Gasteiger partial charge >= 0.3 is 0 Å². The van der Waals surface area contributed by atoms with E-state index < -0.39 is 0 Å². The summed E-state index contributed by atoms with van der Waals surface area (Å²) in [5.74, 6) is -0.00262. The summed E-state index contributed by atoms with van der Waals surface area (Å²) in [7, 11) is 0. The smallest absolute Gasteiger partial charge is 0.282 e. The van der Waals surface area contributed by atoms with E-state index in [-0.39, 0.29) is 23.6 Å². The standard InChI is InChI=1S/C29H30N2O3/c1-17(2)34-25-9-7-22(8-10-25)26-27(30-23-13-18(3)11-19(4)14-23)29(33)31(28(26)32)24-15-20(5)12-21(6)16-24/h7-17,30H,1-6H3. The SMILES string of the molecule is Cc1cc(C)cc(NC2=C(c3ccc(OC(C)C)cc3)C(=O)N(c3cc(C)cc(C)c3)C2=O)c1. The Morgan fingerprint density at radius 1 is 0.735 bits per heavy atom. The number of carbonyl (C=O) groups is 2. The Balaban J connectivity index is 1.81. The first-order chi connectivity index (χ1) is 16.1. The summed E-state index contributed by atoms with van der Waals surface area (Å²) < 4.78 is 5.75. The third kappa shape index (κ3) is 4.74. The molecule has 5 heteroatoms. The number of ether oxygens (including phenoxy) is 1. The lowest BCUT2D eigenvalue weighted by molar-refractivity contribution is -0.120. The van der Waals surface area contributed by atoms with Gasteiger partial charge < -0.3 is 10.1 Å². The van der Waals surface area contributed by atoms with Crippen LogP contribution in [-0.2, 0) is 9.59 Å². The number of hydrogen-bond acceptors (Lipinski definition) is 4. The summed E-state index contributed by atoms with van der Waals surface area (Å²) in [6.07, 6.45) is 0.0431. The minimum Gasteiger partial charge on any atom is -0.491 e. The van der Waals surface area contributed by atoms with Gasteiger partial charge in [-0.15, -0.1) is 0 Å². The zero-order chi connectivity index (χ0) is 24.6. The van der Waals surface area contributed by atoms with E-state index in [0.717, 1.165) is 27.9 Å². The summed E-state index contributed by atoms with van der Waals surface area (Å²) >= 11 is 0. The van der Waals surface area contributed by atoms with Gasteiger partial charge in [0.15, 0.2) is 0 Å². The largest absolute Gasteiger partial charge is 0.491 e. The van der Waals surface area contributed by atoms with Crippen LogP contribution in [0.3, 0.4) is 0 Å². The number of benzene rings is 3. The lowest BCUT2D eigenvalue weighted by Crippen LogP contribution is -2.32. The van der Waals surface area contributed by atoms with E-state index >= 15 is 0 Å². The first kappa shape index (κ1) is 23.3. The van der Waals surface area contributed by atoms with Gasteiger partial charge in [0.25, 0.3) is 11.8 Å². The highest BCUT2D eigenvalue weighted by atomic mass is 16.5. The van der Waals surface area contributed by atoms with Gasteiger partial charge in [-0.1, -0.05) is 24.3 Å². The average Bonchev–Trinajstić information content (AvgIpc) is 2.96. The molecule has 1 heterocycles. The Bertz CT molecular complexity index is 1260. The maximum absolute atomic E-state index is 13.7. The first-order valence-corrected chi connectivity index (χ1v) is 11.5. The molecule has 2 amide bonds. The maximum Gasteiger partial charge on any atom is 0.282 e. The molecule has 5 nitrogen and oxygen atoms in total. The van der Waals surface area contributed by atoms with Crippen molar-refractivity contribution in [2.24, 2.45) is 0 Å². The van der Waals surface area contributed by atoms with Crippen LogP contribution in [0.15, 0.2) is 66.4 Å². The Morgan fingerprint density at radius 2 is 1.26 bits per heavy atom. The summed E-state index contributed by atoms with van der Waals surface area (Å²) in [5.41, 5.74) is 6.74. The van der Waals surface area contributed by atoms with Crippen LogP contribution in [-0.4, -0.2) is 17.9 Å². The van der Waals surface area contributed by atoms with Crippen LogP contribution in [0.4, 0.5) is 11.4 Å². The quantitative estimate of drug-likeness (QED) is 0.457. The molecule has 3 aromatic rings. The number of rotatable bonds is 6. The third-order valence-corrected chi connectivity index (χ3v) is 5.55. The second kappa shape index (κ2) is 9.18. The number of imide groups is 1. The predicted molar refractivity (Wildman–Crippen MR) is 137 cm³/mol. The van der Waals surface area contributed by atoms with E-state index in [4.69, 9.17) is 4.74 Å². The second-order valence-electron chi connectivity index (χ2n) is 9.23. The number of carbonyl (C=O) groups excluding carboxylic acids is 2. The molecule has 174 valence electrons. The van der Waals surface area contributed by atoms with E-state index in [0.29, 0.717) is 22.6 Å². The van der Waals surface area contributed by atoms with Crippen molar-refractivity contribution < 1.29 is 14.3 Å². The van der Waals surface area contributed by atoms with Crippen molar-refractivity contribution in [2.45, 2.75) is 47.6 Å². The Hall–Kier alpha value is -3.86. The fourth-order valence-corrected chi connectivity index (χ4v) is 4.39. The molecule has 0 fully saturated rings. The number of nitrogens with zero attached hydrogens (tertiary/aromatic N) is 1. The Labute approximate surface area is 201 Å². The Kier molecular flexibility index (Phi) is 6.29. The molecule has 34 heavy (non-hydrogen) atoms. The summed E-state index contributed by atoms with van der Waals surface area (Å²) in [6.45, 7) is 11.8. The van der Waals surface area contributed by atoms with Crippen LogP contribution >= 0.6 is 0 Å². The lowest BCUT2D eigenvalue weighted by atomic mass is 10.0. The molecule has 1 aliphatic rings. The summed E-state index contributed by atoms with van der Waals surface area (Å²) in [6, 6.07) is 19.0. The zero-order valence-electron chi connectivity index (χ0n) is 20.5. The molecule has 0 radical (unpaired) electrons. The van der Waals surface area contributed by atoms with Crippen molar-refractivity contribution in [2.75, 3.05) is 10.2 Å². The van der Waals surface area contributed by atoms with Gasteiger partial charge in [-0.25, -0.2) is 4.90 Å². The molecule has 0 saturated carbocycles. The van der Waals surface area contributed by atoms with Crippen molar-refractivity contribution in [3.8, 4) is 5.75 Å². The molecule has 0 spiro atoms. The zero-order valence-corrected chi connectivity index (χ0v) is 20.5. The van der Waals surface area contributed by atoms with E-state index in [1.165, 1.54) is 4.90 Å². The minimum absolute atomic E-state index is 0.0431. The van der Waals surface area contributed by atoms with E-state index in [1.54, 1.807) is 0 Å². The van der Waals surface area contributed by atoms with Gasteiger partial charge in [-0.05, 0) is 106 Å². The maximum atomic E-state index is 13.7. The first-order valence-electron chi connectivity index (χ1n) is 11.5. The monoisotopic (exact) mass is 454 g/mol. The molecule has 0 aliphatic carbocycles. The number of aryl methyl sites for hydroxylation is 4. The molecule has 0 bridgehead atoms. The molecular weight excluding hydrogens is 424 g/mol. The van der Waals surface area contributed by atoms with Crippen LogP contribution in [0.5, 0.6) is 5.75 Å². The van der Waals surface area contributed by atoms with Gasteiger partial charge in [0.05, 0.1) is 17.4 Å². The van der Waals surface area contributed by atoms with Gasteiger partial charge in [0.2, 0.25) is 0 Å². The number of hydrogen-bond donors (Lipinski definition) is 1. The van der Waals surface area contributed by atoms with E-state index in [9.17, 15) is 9.59 Å². The second-order valence-corrected chi connectivity index (χ2v) is 9.23. The summed E-state index contributed by atoms with van der Waals surface area (Å²) in [5, 5.41) is 3.26. The molecule has 0 unspecified atom stereocenters. The fourth-order valence-electron chi connectivity index (χ4n) is 4.39. The molecular formula is C29H30N2O3. The van der Waals surface area contributed by atoms with Crippen LogP contribution in [0.25, 0.3) is 5.57 Å². The van der Waals surface area contributed by atoms with Gasteiger partial charge in [-0.3, -0.25) is 9.59 Å². The van der Waals surface area contributed by atoms with Crippen LogP contribution in [0, 0.1) is 27.7 Å². The van der Waals surface area contributed by atoms with E-state index in [1.807, 2.05) is 96.1 Å². The molecule has 0 atom stereocenters. The molecule has 1 N–H and O–H groups in total. The van der Waals surface area contributed by atoms with Crippen molar-refractivity contribution in [3.63, 3.8) is 0 Å². The van der Waals surface area contributed by atoms with Crippen molar-refractivity contribution in [1.82, 2.24) is 0 Å². The predicted octanol–water partition coefficient (Wildman–Crippen LogP) is 6.10. The highest BCUT2D eigenvalue weighted by Gasteiger charge is 2.40. The highest BCUT2D eigenvalue weighted by molar-refractivity contribution is 6.46. The van der Waals surface area contributed by atoms with Gasteiger partial charge in [0, 0.05) is 5.69 Å². The number of nitrogens with one attached hydrogen (secondary N) is 1. The van der Waals surface area contributed by atoms with Gasteiger partial charge in [-0.2, -0.15) is 0 Å². The third-order valence-electron chi connectivity index (χ3n) is 5.55. The molecule has 3 aromatic carbocycles. The molecule has 4 rings (SSSR count). The molecule has 0 aromatic heterocycles. The normalized spacial score (nSPS) is 13.8. The summed E-state index contributed by atoms with van der Waals surface area (Å²) in [4.78, 5) is 28.6. The van der Waals surface area contributed by atoms with Crippen molar-refractivity contribution >= 4 is 28.8 Å². The number of amides is 2. The van der Waals surface area contributed by atoms with Crippen LogP contribution in [0.2, 0.25) is 0 Å².